The summed E-state index contributed by atoms with van der Waals surface area (Å²) < 4.78 is 2.24. The fourth-order valence-corrected chi connectivity index (χ4v) is 2.43. The maximum absolute atomic E-state index is 4.60. The van der Waals surface area contributed by atoms with E-state index in [0.29, 0.717) is 0 Å². The summed E-state index contributed by atoms with van der Waals surface area (Å²) in [7, 11) is 0. The van der Waals surface area contributed by atoms with Crippen LogP contribution in [0.3, 0.4) is 0 Å². The summed E-state index contributed by atoms with van der Waals surface area (Å²) in [5, 5.41) is 3.24. The van der Waals surface area contributed by atoms with Crippen molar-refractivity contribution < 1.29 is 0 Å². The molecule has 0 amide bonds. The lowest BCUT2D eigenvalue weighted by Gasteiger charge is -2.09. The average Bonchev–Trinajstić information content (AvgIpc) is 2.76. The van der Waals surface area contributed by atoms with Crippen molar-refractivity contribution >= 4 is 16.9 Å². The topological polar surface area (TPSA) is 42.7 Å². The molecule has 0 fully saturated rings. The van der Waals surface area contributed by atoms with Crippen LogP contribution in [-0.4, -0.2) is 21.1 Å². The molecular formula is C16H18N4. The molecule has 4 nitrogen and oxygen atoms in total. The standard InChI is InChI=1S/C16H18N4/c1-3-17-16-10-13(8-9-18-16)11-20-12(2)19-14-6-4-5-7-15(14)20/h4-10H,3,11H2,1-2H3,(H,17,18). The SMILES string of the molecule is CCNc1cc(Cn2c(C)nc3ccccc32)ccn1. The molecule has 102 valence electrons. The number of para-hydroxylation sites is 2. The molecule has 0 atom stereocenters. The third-order valence-corrected chi connectivity index (χ3v) is 3.37. The van der Waals surface area contributed by atoms with Gasteiger partial charge in [-0.15, -0.1) is 0 Å². The molecule has 4 heteroatoms. The average molecular weight is 266 g/mol. The molecule has 1 aromatic carbocycles. The first-order valence-electron chi connectivity index (χ1n) is 6.88. The van der Waals surface area contributed by atoms with Gasteiger partial charge < -0.3 is 9.88 Å². The second-order valence-corrected chi connectivity index (χ2v) is 4.81. The molecular weight excluding hydrogens is 248 g/mol. The van der Waals surface area contributed by atoms with Crippen molar-refractivity contribution in [3.8, 4) is 0 Å². The first-order valence-corrected chi connectivity index (χ1v) is 6.88. The van der Waals surface area contributed by atoms with Crippen molar-refractivity contribution in [3.05, 3.63) is 54.0 Å². The van der Waals surface area contributed by atoms with E-state index in [1.54, 1.807) is 0 Å². The van der Waals surface area contributed by atoms with Gasteiger partial charge in [0.15, 0.2) is 0 Å². The molecule has 0 saturated carbocycles. The smallest absolute Gasteiger partial charge is 0.126 e. The number of aromatic nitrogens is 3. The summed E-state index contributed by atoms with van der Waals surface area (Å²) in [5.41, 5.74) is 3.44. The number of rotatable bonds is 4. The van der Waals surface area contributed by atoms with E-state index in [0.717, 1.165) is 30.2 Å². The van der Waals surface area contributed by atoms with Gasteiger partial charge in [-0.25, -0.2) is 9.97 Å². The fourth-order valence-electron chi connectivity index (χ4n) is 2.43. The first-order chi connectivity index (χ1) is 9.78. The molecule has 0 unspecified atom stereocenters. The van der Waals surface area contributed by atoms with Crippen LogP contribution in [0.1, 0.15) is 18.3 Å². The number of fused-ring (bicyclic) bond motifs is 1. The highest BCUT2D eigenvalue weighted by Crippen LogP contribution is 2.18. The second kappa shape index (κ2) is 5.33. The van der Waals surface area contributed by atoms with Gasteiger partial charge in [0.1, 0.15) is 11.6 Å². The molecule has 0 spiro atoms. The highest BCUT2D eigenvalue weighted by atomic mass is 15.1. The third-order valence-electron chi connectivity index (χ3n) is 3.37. The molecule has 3 aromatic rings. The summed E-state index contributed by atoms with van der Waals surface area (Å²) in [6, 6.07) is 12.4. The maximum Gasteiger partial charge on any atom is 0.126 e. The number of nitrogens with zero attached hydrogens (tertiary/aromatic N) is 3. The Morgan fingerprint density at radius 1 is 1.20 bits per heavy atom. The molecule has 0 bridgehead atoms. The second-order valence-electron chi connectivity index (χ2n) is 4.81. The highest BCUT2D eigenvalue weighted by molar-refractivity contribution is 5.75. The Kier molecular flexibility index (Phi) is 3.37. The number of anilines is 1. The van der Waals surface area contributed by atoms with Gasteiger partial charge >= 0.3 is 0 Å². The van der Waals surface area contributed by atoms with Crippen molar-refractivity contribution in [2.75, 3.05) is 11.9 Å². The van der Waals surface area contributed by atoms with Gasteiger partial charge in [-0.2, -0.15) is 0 Å². The summed E-state index contributed by atoms with van der Waals surface area (Å²) in [5.74, 6) is 1.96. The number of hydrogen-bond acceptors (Lipinski definition) is 3. The van der Waals surface area contributed by atoms with Crippen LogP contribution in [0.5, 0.6) is 0 Å². The van der Waals surface area contributed by atoms with Crippen LogP contribution in [0, 0.1) is 6.92 Å². The van der Waals surface area contributed by atoms with E-state index in [9.17, 15) is 0 Å². The Bertz CT molecular complexity index is 730. The summed E-state index contributed by atoms with van der Waals surface area (Å²) >= 11 is 0. The van der Waals surface area contributed by atoms with Crippen LogP contribution in [0.4, 0.5) is 5.82 Å². The van der Waals surface area contributed by atoms with Crippen LogP contribution < -0.4 is 5.32 Å². The van der Waals surface area contributed by atoms with Gasteiger partial charge in [-0.3, -0.25) is 0 Å². The minimum absolute atomic E-state index is 0.813. The quantitative estimate of drug-likeness (QED) is 0.788. The summed E-state index contributed by atoms with van der Waals surface area (Å²) in [4.78, 5) is 8.91. The van der Waals surface area contributed by atoms with Crippen LogP contribution in [0.15, 0.2) is 42.6 Å². The van der Waals surface area contributed by atoms with Crippen molar-refractivity contribution in [2.45, 2.75) is 20.4 Å². The van der Waals surface area contributed by atoms with E-state index in [-0.39, 0.29) is 0 Å². The largest absolute Gasteiger partial charge is 0.370 e. The Morgan fingerprint density at radius 2 is 2.05 bits per heavy atom. The predicted octanol–water partition coefficient (Wildman–Crippen LogP) is 3.22. The van der Waals surface area contributed by atoms with Crippen molar-refractivity contribution in [1.82, 2.24) is 14.5 Å². The van der Waals surface area contributed by atoms with Crippen molar-refractivity contribution in [3.63, 3.8) is 0 Å². The van der Waals surface area contributed by atoms with E-state index < -0.39 is 0 Å². The number of benzene rings is 1. The number of aryl methyl sites for hydroxylation is 1. The molecule has 0 aliphatic rings. The van der Waals surface area contributed by atoms with Gasteiger partial charge in [0.2, 0.25) is 0 Å². The van der Waals surface area contributed by atoms with Crippen LogP contribution in [0.2, 0.25) is 0 Å². The van der Waals surface area contributed by atoms with Gasteiger partial charge in [0.05, 0.1) is 11.0 Å². The number of nitrogens with one attached hydrogen (secondary N) is 1. The number of pyridine rings is 1. The van der Waals surface area contributed by atoms with Crippen LogP contribution in [0.25, 0.3) is 11.0 Å². The Labute approximate surface area is 118 Å². The van der Waals surface area contributed by atoms with Gasteiger partial charge in [0.25, 0.3) is 0 Å². The first kappa shape index (κ1) is 12.7. The van der Waals surface area contributed by atoms with Gasteiger partial charge in [-0.05, 0) is 43.7 Å². The highest BCUT2D eigenvalue weighted by Gasteiger charge is 2.07. The molecule has 0 saturated heterocycles. The normalized spacial score (nSPS) is 10.9. The number of hydrogen-bond donors (Lipinski definition) is 1. The molecule has 1 N–H and O–H groups in total. The molecule has 2 aromatic heterocycles. The Morgan fingerprint density at radius 3 is 2.90 bits per heavy atom. The summed E-state index contributed by atoms with van der Waals surface area (Å²) in [6.07, 6.45) is 1.85. The Hall–Kier alpha value is -2.36. The minimum atomic E-state index is 0.813. The van der Waals surface area contributed by atoms with Crippen LogP contribution in [-0.2, 0) is 6.54 Å². The van der Waals surface area contributed by atoms with Gasteiger partial charge in [0, 0.05) is 19.3 Å². The van der Waals surface area contributed by atoms with E-state index in [2.05, 4.69) is 57.1 Å². The molecule has 0 aliphatic carbocycles. The summed E-state index contributed by atoms with van der Waals surface area (Å²) in [6.45, 7) is 5.81. The minimum Gasteiger partial charge on any atom is -0.370 e. The lowest BCUT2D eigenvalue weighted by molar-refractivity contribution is 0.785. The van der Waals surface area contributed by atoms with E-state index in [4.69, 9.17) is 0 Å². The maximum atomic E-state index is 4.60. The Balaban J connectivity index is 1.96. The van der Waals surface area contributed by atoms with Crippen molar-refractivity contribution in [2.24, 2.45) is 0 Å². The zero-order valence-corrected chi connectivity index (χ0v) is 11.8. The third kappa shape index (κ3) is 2.37. The predicted molar refractivity (Wildman–Crippen MR) is 82.0 cm³/mol. The zero-order valence-electron chi connectivity index (χ0n) is 11.8. The zero-order chi connectivity index (χ0) is 13.9. The van der Waals surface area contributed by atoms with Gasteiger partial charge in [-0.1, -0.05) is 12.1 Å². The molecule has 3 rings (SSSR count). The molecule has 20 heavy (non-hydrogen) atoms. The van der Waals surface area contributed by atoms with Crippen molar-refractivity contribution in [1.29, 1.82) is 0 Å². The number of imidazole rings is 1. The van der Waals surface area contributed by atoms with E-state index in [1.165, 1.54) is 11.1 Å². The molecule has 0 aliphatic heterocycles. The molecule has 0 radical (unpaired) electrons. The fraction of sp³-hybridized carbons (Fsp3) is 0.250. The monoisotopic (exact) mass is 266 g/mol. The van der Waals surface area contributed by atoms with E-state index in [1.807, 2.05) is 19.2 Å². The van der Waals surface area contributed by atoms with Crippen LogP contribution >= 0.6 is 0 Å². The lowest BCUT2D eigenvalue weighted by Crippen LogP contribution is -2.04. The van der Waals surface area contributed by atoms with E-state index >= 15 is 0 Å². The lowest BCUT2D eigenvalue weighted by atomic mass is 10.2. The molecule has 2 heterocycles.